The maximum atomic E-state index is 12.8. The summed E-state index contributed by atoms with van der Waals surface area (Å²) in [5.41, 5.74) is 2.84. The molecule has 0 saturated heterocycles. The zero-order chi connectivity index (χ0) is 21.0. The fourth-order valence-corrected chi connectivity index (χ4v) is 4.65. The van der Waals surface area contributed by atoms with Crippen molar-refractivity contribution in [1.29, 1.82) is 0 Å². The van der Waals surface area contributed by atoms with E-state index in [-0.39, 0.29) is 29.3 Å². The summed E-state index contributed by atoms with van der Waals surface area (Å²) in [5, 5.41) is 5.55. The van der Waals surface area contributed by atoms with Gasteiger partial charge in [-0.3, -0.25) is 9.59 Å². The van der Waals surface area contributed by atoms with E-state index in [2.05, 4.69) is 16.7 Å². The molecule has 3 rings (SSSR count). The van der Waals surface area contributed by atoms with Crippen molar-refractivity contribution in [1.82, 2.24) is 9.62 Å². The highest BCUT2D eigenvalue weighted by molar-refractivity contribution is 7.89. The number of carbonyl (C=O) groups is 2. The predicted octanol–water partition coefficient (Wildman–Crippen LogP) is 2.46. The van der Waals surface area contributed by atoms with Gasteiger partial charge in [0.15, 0.2) is 0 Å². The molecule has 2 amide bonds. The monoisotopic (exact) mass is 415 g/mol. The molecule has 0 heterocycles. The van der Waals surface area contributed by atoms with E-state index in [1.165, 1.54) is 43.8 Å². The van der Waals surface area contributed by atoms with E-state index < -0.39 is 10.0 Å². The number of amides is 2. The number of aryl methyl sites for hydroxylation is 1. The molecule has 8 heteroatoms. The Morgan fingerprint density at radius 3 is 2.48 bits per heavy atom. The van der Waals surface area contributed by atoms with E-state index >= 15 is 0 Å². The largest absolute Gasteiger partial charge is 0.348 e. The Morgan fingerprint density at radius 2 is 1.79 bits per heavy atom. The summed E-state index contributed by atoms with van der Waals surface area (Å²) in [6, 6.07) is 13.8. The van der Waals surface area contributed by atoms with Crippen LogP contribution < -0.4 is 10.6 Å². The van der Waals surface area contributed by atoms with Crippen LogP contribution in [0.5, 0.6) is 0 Å². The molecule has 29 heavy (non-hydrogen) atoms. The van der Waals surface area contributed by atoms with E-state index in [0.717, 1.165) is 29.1 Å². The van der Waals surface area contributed by atoms with Crippen molar-refractivity contribution >= 4 is 27.5 Å². The molecule has 0 radical (unpaired) electrons. The predicted molar refractivity (Wildman–Crippen MR) is 111 cm³/mol. The first-order valence-electron chi connectivity index (χ1n) is 9.48. The second-order valence-electron chi connectivity index (χ2n) is 7.18. The SMILES string of the molecule is CC(=O)Nc1ccc(S(=O)(=O)N(C)CC(=O)N[C@@H]2CCCc3ccccc32)cc1. The summed E-state index contributed by atoms with van der Waals surface area (Å²) in [4.78, 5) is 23.7. The number of fused-ring (bicyclic) bond motifs is 1. The standard InChI is InChI=1S/C21H25N3O4S/c1-15(25)22-17-10-12-18(13-11-17)29(27,28)24(2)14-21(26)23-20-9-5-7-16-6-3-4-8-19(16)20/h3-4,6,8,10-13,20H,5,7,9,14H2,1-2H3,(H,22,25)(H,23,26)/t20-/m1/s1. The quantitative estimate of drug-likeness (QED) is 0.758. The van der Waals surface area contributed by atoms with Crippen LogP contribution in [0.15, 0.2) is 53.4 Å². The third kappa shape index (κ3) is 5.02. The van der Waals surface area contributed by atoms with Crippen molar-refractivity contribution in [3.05, 3.63) is 59.7 Å². The van der Waals surface area contributed by atoms with Gasteiger partial charge in [0, 0.05) is 19.7 Å². The van der Waals surface area contributed by atoms with Gasteiger partial charge < -0.3 is 10.6 Å². The smallest absolute Gasteiger partial charge is 0.243 e. The molecule has 0 unspecified atom stereocenters. The molecule has 0 aliphatic heterocycles. The maximum Gasteiger partial charge on any atom is 0.243 e. The summed E-state index contributed by atoms with van der Waals surface area (Å²) in [6.45, 7) is 1.11. The molecular formula is C21H25N3O4S. The molecule has 0 saturated carbocycles. The number of sulfonamides is 1. The van der Waals surface area contributed by atoms with Gasteiger partial charge >= 0.3 is 0 Å². The van der Waals surface area contributed by atoms with Crippen molar-refractivity contribution in [2.45, 2.75) is 37.1 Å². The lowest BCUT2D eigenvalue weighted by Gasteiger charge is -2.27. The average molecular weight is 416 g/mol. The fraction of sp³-hybridized carbons (Fsp3) is 0.333. The van der Waals surface area contributed by atoms with Crippen molar-refractivity contribution in [3.8, 4) is 0 Å². The Labute approximate surface area is 171 Å². The van der Waals surface area contributed by atoms with E-state index in [4.69, 9.17) is 0 Å². The van der Waals surface area contributed by atoms with Crippen LogP contribution in [-0.2, 0) is 26.0 Å². The van der Waals surface area contributed by atoms with Crippen LogP contribution in [0.25, 0.3) is 0 Å². The molecule has 1 aliphatic rings. The van der Waals surface area contributed by atoms with Crippen LogP contribution >= 0.6 is 0 Å². The molecule has 154 valence electrons. The van der Waals surface area contributed by atoms with Gasteiger partial charge in [0.2, 0.25) is 21.8 Å². The summed E-state index contributed by atoms with van der Waals surface area (Å²) in [7, 11) is -2.44. The second kappa shape index (κ2) is 8.75. The Kier molecular flexibility index (Phi) is 6.34. The molecule has 1 atom stereocenters. The Bertz CT molecular complexity index is 1000. The average Bonchev–Trinajstić information content (AvgIpc) is 2.68. The molecule has 0 bridgehead atoms. The zero-order valence-corrected chi connectivity index (χ0v) is 17.3. The molecule has 0 aromatic heterocycles. The first-order chi connectivity index (χ1) is 13.8. The lowest BCUT2D eigenvalue weighted by Crippen LogP contribution is -2.40. The third-order valence-corrected chi connectivity index (χ3v) is 6.77. The molecule has 1 aliphatic carbocycles. The van der Waals surface area contributed by atoms with E-state index in [1.807, 2.05) is 18.2 Å². The lowest BCUT2D eigenvalue weighted by atomic mass is 9.88. The molecule has 7 nitrogen and oxygen atoms in total. The molecule has 2 aromatic carbocycles. The Hall–Kier alpha value is -2.71. The second-order valence-corrected chi connectivity index (χ2v) is 9.22. The number of rotatable bonds is 6. The van der Waals surface area contributed by atoms with Gasteiger partial charge in [-0.15, -0.1) is 0 Å². The molecule has 2 aromatic rings. The number of hydrogen-bond acceptors (Lipinski definition) is 4. The van der Waals surface area contributed by atoms with Crippen molar-refractivity contribution in [2.24, 2.45) is 0 Å². The van der Waals surface area contributed by atoms with E-state index in [0.29, 0.717) is 5.69 Å². The van der Waals surface area contributed by atoms with Crippen molar-refractivity contribution in [3.63, 3.8) is 0 Å². The minimum atomic E-state index is -3.82. The highest BCUT2D eigenvalue weighted by atomic mass is 32.2. The van der Waals surface area contributed by atoms with Gasteiger partial charge in [0.05, 0.1) is 17.5 Å². The van der Waals surface area contributed by atoms with Gasteiger partial charge in [-0.25, -0.2) is 8.42 Å². The van der Waals surface area contributed by atoms with Crippen LogP contribution in [0.4, 0.5) is 5.69 Å². The maximum absolute atomic E-state index is 12.8. The summed E-state index contributed by atoms with van der Waals surface area (Å²) in [6.07, 6.45) is 2.81. The van der Waals surface area contributed by atoms with Crippen molar-refractivity contribution in [2.75, 3.05) is 18.9 Å². The molecule has 0 fully saturated rings. The third-order valence-electron chi connectivity index (χ3n) is 4.95. The van der Waals surface area contributed by atoms with Crippen LogP contribution in [0.2, 0.25) is 0 Å². The number of carbonyl (C=O) groups excluding carboxylic acids is 2. The number of anilines is 1. The van der Waals surface area contributed by atoms with Crippen LogP contribution in [0.3, 0.4) is 0 Å². The van der Waals surface area contributed by atoms with Crippen LogP contribution in [0, 0.1) is 0 Å². The first kappa shape index (κ1) is 21.0. The Balaban J connectivity index is 1.65. The van der Waals surface area contributed by atoms with Crippen LogP contribution in [0.1, 0.15) is 36.9 Å². The fourth-order valence-electron chi connectivity index (χ4n) is 3.52. The van der Waals surface area contributed by atoms with Crippen LogP contribution in [-0.4, -0.2) is 38.1 Å². The zero-order valence-electron chi connectivity index (χ0n) is 16.5. The number of nitrogens with one attached hydrogen (secondary N) is 2. The number of likely N-dealkylation sites (N-methyl/N-ethyl adjacent to an activating group) is 1. The van der Waals surface area contributed by atoms with E-state index in [9.17, 15) is 18.0 Å². The van der Waals surface area contributed by atoms with Crippen molar-refractivity contribution < 1.29 is 18.0 Å². The summed E-state index contributed by atoms with van der Waals surface area (Å²) >= 11 is 0. The van der Waals surface area contributed by atoms with E-state index in [1.54, 1.807) is 0 Å². The van der Waals surface area contributed by atoms with Gasteiger partial charge in [-0.2, -0.15) is 4.31 Å². The first-order valence-corrected chi connectivity index (χ1v) is 10.9. The summed E-state index contributed by atoms with van der Waals surface area (Å²) < 4.78 is 26.5. The van der Waals surface area contributed by atoms with Gasteiger partial charge in [0.1, 0.15) is 0 Å². The van der Waals surface area contributed by atoms with Gasteiger partial charge in [-0.1, -0.05) is 24.3 Å². The molecule has 0 spiro atoms. The van der Waals surface area contributed by atoms with Gasteiger partial charge in [0.25, 0.3) is 0 Å². The summed E-state index contributed by atoms with van der Waals surface area (Å²) in [5.74, 6) is -0.577. The number of nitrogens with zero attached hydrogens (tertiary/aromatic N) is 1. The number of hydrogen-bond donors (Lipinski definition) is 2. The molecular weight excluding hydrogens is 390 g/mol. The van der Waals surface area contributed by atoms with Gasteiger partial charge in [-0.05, 0) is 54.7 Å². The molecule has 2 N–H and O–H groups in total. The Morgan fingerprint density at radius 1 is 1.10 bits per heavy atom. The highest BCUT2D eigenvalue weighted by Crippen LogP contribution is 2.29. The lowest BCUT2D eigenvalue weighted by molar-refractivity contribution is -0.122. The minimum Gasteiger partial charge on any atom is -0.348 e. The number of benzene rings is 2. The highest BCUT2D eigenvalue weighted by Gasteiger charge is 2.26. The minimum absolute atomic E-state index is 0.0601. The normalized spacial score (nSPS) is 16.2. The topological polar surface area (TPSA) is 95.6 Å².